The molecular formula is C21H25NO5. The number of ether oxygens (including phenoxy) is 3. The number of amides is 1. The average molecular weight is 371 g/mol. The Morgan fingerprint density at radius 2 is 1.59 bits per heavy atom. The Balaban J connectivity index is 1.87. The normalized spacial score (nSPS) is 10.2. The number of rotatable bonds is 9. The molecule has 6 heteroatoms. The van der Waals surface area contributed by atoms with Gasteiger partial charge in [-0.25, -0.2) is 0 Å². The van der Waals surface area contributed by atoms with E-state index in [0.717, 1.165) is 11.1 Å². The first-order chi connectivity index (χ1) is 13.0. The van der Waals surface area contributed by atoms with E-state index < -0.39 is 5.97 Å². The Bertz CT molecular complexity index is 771. The van der Waals surface area contributed by atoms with Gasteiger partial charge >= 0.3 is 5.97 Å². The fourth-order valence-electron chi connectivity index (χ4n) is 2.35. The Labute approximate surface area is 159 Å². The highest BCUT2D eigenvalue weighted by Gasteiger charge is 2.13. The molecule has 0 atom stereocenters. The van der Waals surface area contributed by atoms with Gasteiger partial charge in [0, 0.05) is 5.56 Å². The second-order valence-electron chi connectivity index (χ2n) is 5.86. The van der Waals surface area contributed by atoms with Crippen molar-refractivity contribution in [2.45, 2.75) is 27.4 Å². The standard InChI is InChI=1S/C21H25NO5/c1-4-25-18-11-10-17(12-19(18)26-5-2)21(24)22-13-20(23)27-14-16-8-6-15(3)7-9-16/h6-12H,4-5,13-14H2,1-3H3,(H,22,24). The van der Waals surface area contributed by atoms with Crippen LogP contribution in [0.4, 0.5) is 0 Å². The highest BCUT2D eigenvalue weighted by atomic mass is 16.5. The lowest BCUT2D eigenvalue weighted by molar-refractivity contribution is -0.143. The van der Waals surface area contributed by atoms with Crippen LogP contribution in [0.2, 0.25) is 0 Å². The second kappa shape index (κ2) is 10.2. The second-order valence-corrected chi connectivity index (χ2v) is 5.86. The minimum Gasteiger partial charge on any atom is -0.490 e. The number of carbonyl (C=O) groups is 2. The SMILES string of the molecule is CCOc1ccc(C(=O)NCC(=O)OCc2ccc(C)cc2)cc1OCC. The summed E-state index contributed by atoms with van der Waals surface area (Å²) in [6, 6.07) is 12.6. The fraction of sp³-hybridized carbons (Fsp3) is 0.333. The predicted molar refractivity (Wildman–Crippen MR) is 102 cm³/mol. The van der Waals surface area contributed by atoms with Crippen LogP contribution in [0.3, 0.4) is 0 Å². The Kier molecular flexibility index (Phi) is 7.67. The van der Waals surface area contributed by atoms with E-state index in [-0.39, 0.29) is 19.1 Å². The lowest BCUT2D eigenvalue weighted by Gasteiger charge is -2.12. The lowest BCUT2D eigenvalue weighted by atomic mass is 10.2. The maximum absolute atomic E-state index is 12.3. The van der Waals surface area contributed by atoms with Crippen LogP contribution in [0.25, 0.3) is 0 Å². The van der Waals surface area contributed by atoms with Crippen molar-refractivity contribution in [1.82, 2.24) is 5.32 Å². The molecule has 0 aromatic heterocycles. The zero-order chi connectivity index (χ0) is 19.6. The van der Waals surface area contributed by atoms with Gasteiger partial charge in [0.05, 0.1) is 13.2 Å². The topological polar surface area (TPSA) is 73.9 Å². The van der Waals surface area contributed by atoms with E-state index in [4.69, 9.17) is 14.2 Å². The first-order valence-corrected chi connectivity index (χ1v) is 8.92. The highest BCUT2D eigenvalue weighted by molar-refractivity contribution is 5.96. The summed E-state index contributed by atoms with van der Waals surface area (Å²) < 4.78 is 16.1. The fourth-order valence-corrected chi connectivity index (χ4v) is 2.35. The van der Waals surface area contributed by atoms with E-state index in [1.54, 1.807) is 18.2 Å². The molecule has 0 aliphatic heterocycles. The summed E-state index contributed by atoms with van der Waals surface area (Å²) >= 11 is 0. The van der Waals surface area contributed by atoms with Gasteiger partial charge in [-0.3, -0.25) is 9.59 Å². The molecule has 0 aliphatic rings. The molecule has 2 aromatic rings. The largest absolute Gasteiger partial charge is 0.490 e. The minimum atomic E-state index is -0.500. The van der Waals surface area contributed by atoms with Crippen LogP contribution < -0.4 is 14.8 Å². The number of nitrogens with one attached hydrogen (secondary N) is 1. The van der Waals surface area contributed by atoms with Crippen LogP contribution in [-0.2, 0) is 16.1 Å². The van der Waals surface area contributed by atoms with E-state index in [1.165, 1.54) is 0 Å². The molecule has 0 saturated carbocycles. The van der Waals surface area contributed by atoms with Gasteiger partial charge in [-0.1, -0.05) is 29.8 Å². The predicted octanol–water partition coefficient (Wildman–Crippen LogP) is 3.27. The smallest absolute Gasteiger partial charge is 0.325 e. The van der Waals surface area contributed by atoms with Gasteiger partial charge in [0.2, 0.25) is 0 Å². The molecule has 1 N–H and O–H groups in total. The molecule has 0 unspecified atom stereocenters. The quantitative estimate of drug-likeness (QED) is 0.685. The van der Waals surface area contributed by atoms with Gasteiger partial charge in [0.25, 0.3) is 5.91 Å². The van der Waals surface area contributed by atoms with Gasteiger partial charge in [0.1, 0.15) is 13.2 Å². The molecule has 0 heterocycles. The van der Waals surface area contributed by atoms with E-state index in [1.807, 2.05) is 45.0 Å². The molecule has 0 aliphatic carbocycles. The Morgan fingerprint density at radius 1 is 0.926 bits per heavy atom. The molecule has 0 saturated heterocycles. The molecule has 144 valence electrons. The number of aryl methyl sites for hydroxylation is 1. The van der Waals surface area contributed by atoms with Gasteiger partial charge in [-0.15, -0.1) is 0 Å². The van der Waals surface area contributed by atoms with Crippen molar-refractivity contribution in [1.29, 1.82) is 0 Å². The molecular weight excluding hydrogens is 346 g/mol. The number of hydrogen-bond acceptors (Lipinski definition) is 5. The summed E-state index contributed by atoms with van der Waals surface area (Å²) in [6.45, 7) is 6.64. The summed E-state index contributed by atoms with van der Waals surface area (Å²) in [6.07, 6.45) is 0. The average Bonchev–Trinajstić information content (AvgIpc) is 2.67. The van der Waals surface area contributed by atoms with Crippen molar-refractivity contribution in [2.24, 2.45) is 0 Å². The number of hydrogen-bond donors (Lipinski definition) is 1. The summed E-state index contributed by atoms with van der Waals surface area (Å²) in [5.41, 5.74) is 2.42. The highest BCUT2D eigenvalue weighted by Crippen LogP contribution is 2.28. The van der Waals surface area contributed by atoms with Crippen molar-refractivity contribution in [3.63, 3.8) is 0 Å². The lowest BCUT2D eigenvalue weighted by Crippen LogP contribution is -2.30. The maximum atomic E-state index is 12.3. The zero-order valence-electron chi connectivity index (χ0n) is 15.9. The van der Waals surface area contributed by atoms with Crippen LogP contribution in [0.5, 0.6) is 11.5 Å². The first kappa shape index (κ1) is 20.3. The van der Waals surface area contributed by atoms with E-state index >= 15 is 0 Å². The van der Waals surface area contributed by atoms with Crippen LogP contribution in [0.15, 0.2) is 42.5 Å². The number of esters is 1. The Morgan fingerprint density at radius 3 is 2.26 bits per heavy atom. The first-order valence-electron chi connectivity index (χ1n) is 8.92. The summed E-state index contributed by atoms with van der Waals surface area (Å²) in [5.74, 6) is 0.188. The van der Waals surface area contributed by atoms with Crippen molar-refractivity contribution in [2.75, 3.05) is 19.8 Å². The molecule has 0 radical (unpaired) electrons. The molecule has 0 spiro atoms. The monoisotopic (exact) mass is 371 g/mol. The number of carbonyl (C=O) groups excluding carboxylic acids is 2. The third kappa shape index (κ3) is 6.33. The van der Waals surface area contributed by atoms with Gasteiger partial charge in [-0.05, 0) is 44.5 Å². The van der Waals surface area contributed by atoms with Crippen LogP contribution in [0, 0.1) is 6.92 Å². The molecule has 27 heavy (non-hydrogen) atoms. The van der Waals surface area contributed by atoms with Crippen LogP contribution >= 0.6 is 0 Å². The molecule has 0 fully saturated rings. The minimum absolute atomic E-state index is 0.173. The zero-order valence-corrected chi connectivity index (χ0v) is 15.9. The van der Waals surface area contributed by atoms with E-state index in [9.17, 15) is 9.59 Å². The summed E-state index contributed by atoms with van der Waals surface area (Å²) in [7, 11) is 0. The van der Waals surface area contributed by atoms with Gasteiger partial charge in [0.15, 0.2) is 11.5 Å². The third-order valence-corrected chi connectivity index (χ3v) is 3.72. The van der Waals surface area contributed by atoms with Crippen molar-refractivity contribution in [3.8, 4) is 11.5 Å². The van der Waals surface area contributed by atoms with Crippen LogP contribution in [-0.4, -0.2) is 31.6 Å². The van der Waals surface area contributed by atoms with Crippen molar-refractivity contribution >= 4 is 11.9 Å². The molecule has 1 amide bonds. The Hall–Kier alpha value is -3.02. The number of benzene rings is 2. The van der Waals surface area contributed by atoms with Crippen LogP contribution in [0.1, 0.15) is 35.3 Å². The summed E-state index contributed by atoms with van der Waals surface area (Å²) in [4.78, 5) is 24.1. The third-order valence-electron chi connectivity index (χ3n) is 3.72. The van der Waals surface area contributed by atoms with E-state index in [2.05, 4.69) is 5.32 Å². The molecule has 2 rings (SSSR count). The van der Waals surface area contributed by atoms with Gasteiger partial charge in [-0.2, -0.15) is 0 Å². The molecule has 2 aromatic carbocycles. The maximum Gasteiger partial charge on any atom is 0.325 e. The molecule has 6 nitrogen and oxygen atoms in total. The van der Waals surface area contributed by atoms with Crippen molar-refractivity contribution < 1.29 is 23.8 Å². The van der Waals surface area contributed by atoms with E-state index in [0.29, 0.717) is 30.3 Å². The summed E-state index contributed by atoms with van der Waals surface area (Å²) in [5, 5.41) is 2.56. The van der Waals surface area contributed by atoms with Gasteiger partial charge < -0.3 is 19.5 Å². The molecule has 0 bridgehead atoms. The van der Waals surface area contributed by atoms with Crippen molar-refractivity contribution in [3.05, 3.63) is 59.2 Å².